The lowest BCUT2D eigenvalue weighted by Gasteiger charge is -2.20. The Bertz CT molecular complexity index is 878. The van der Waals surface area contributed by atoms with Crippen LogP contribution in [0.4, 0.5) is 0 Å². The number of carboxylic acids is 1. The van der Waals surface area contributed by atoms with E-state index in [2.05, 4.69) is 0 Å². The van der Waals surface area contributed by atoms with E-state index < -0.39 is 11.9 Å². The first-order valence-corrected chi connectivity index (χ1v) is 9.09. The first-order chi connectivity index (χ1) is 13.0. The number of aliphatic carboxylic acids is 1. The fourth-order valence-electron chi connectivity index (χ4n) is 3.47. The van der Waals surface area contributed by atoms with Crippen LogP contribution < -0.4 is 4.74 Å². The maximum Gasteiger partial charge on any atom is 0.311 e. The lowest BCUT2D eigenvalue weighted by atomic mass is 9.86. The molecule has 1 unspecified atom stereocenters. The van der Waals surface area contributed by atoms with Gasteiger partial charge in [0.15, 0.2) is 0 Å². The molecule has 0 amide bonds. The number of carbonyl (C=O) groups is 1. The first kappa shape index (κ1) is 18.7. The van der Waals surface area contributed by atoms with Crippen LogP contribution in [0.15, 0.2) is 72.8 Å². The molecule has 0 saturated heterocycles. The molecule has 3 heteroatoms. The largest absolute Gasteiger partial charge is 0.489 e. The van der Waals surface area contributed by atoms with Gasteiger partial charge in [-0.15, -0.1) is 0 Å². The lowest BCUT2D eigenvalue weighted by Crippen LogP contribution is -2.17. The van der Waals surface area contributed by atoms with Crippen LogP contribution in [0.25, 0.3) is 0 Å². The van der Waals surface area contributed by atoms with Crippen molar-refractivity contribution >= 4 is 5.97 Å². The second-order valence-electron chi connectivity index (χ2n) is 6.83. The number of carboxylic acid groups (broad SMARTS) is 1. The Morgan fingerprint density at radius 3 is 1.93 bits per heavy atom. The van der Waals surface area contributed by atoms with Crippen LogP contribution >= 0.6 is 0 Å². The highest BCUT2D eigenvalue weighted by Crippen LogP contribution is 2.31. The highest BCUT2D eigenvalue weighted by Gasteiger charge is 2.24. The van der Waals surface area contributed by atoms with Gasteiger partial charge in [-0.25, -0.2) is 0 Å². The quantitative estimate of drug-likeness (QED) is 0.622. The number of aryl methyl sites for hydroxylation is 2. The number of hydrogen-bond acceptors (Lipinski definition) is 2. The molecule has 3 nitrogen and oxygen atoms in total. The number of ether oxygens (including phenoxy) is 1. The van der Waals surface area contributed by atoms with Gasteiger partial charge in [0.1, 0.15) is 12.4 Å². The first-order valence-electron chi connectivity index (χ1n) is 9.09. The molecule has 0 aliphatic rings. The van der Waals surface area contributed by atoms with Gasteiger partial charge in [0.2, 0.25) is 0 Å². The van der Waals surface area contributed by atoms with Gasteiger partial charge in [0.05, 0.1) is 5.92 Å². The van der Waals surface area contributed by atoms with Crippen molar-refractivity contribution in [3.8, 4) is 5.75 Å². The molecule has 0 bridgehead atoms. The second-order valence-corrected chi connectivity index (χ2v) is 6.83. The van der Waals surface area contributed by atoms with Crippen LogP contribution in [0.2, 0.25) is 0 Å². The molecule has 3 rings (SSSR count). The van der Waals surface area contributed by atoms with Crippen molar-refractivity contribution in [2.75, 3.05) is 0 Å². The van der Waals surface area contributed by atoms with E-state index in [9.17, 15) is 9.90 Å². The third kappa shape index (κ3) is 4.76. The van der Waals surface area contributed by atoms with Crippen LogP contribution in [-0.4, -0.2) is 11.1 Å². The molecule has 138 valence electrons. The van der Waals surface area contributed by atoms with Gasteiger partial charge in [0, 0.05) is 0 Å². The van der Waals surface area contributed by atoms with E-state index in [0.717, 1.165) is 33.6 Å². The van der Waals surface area contributed by atoms with E-state index in [1.54, 1.807) is 0 Å². The predicted octanol–water partition coefficient (Wildman–Crippen LogP) is 5.29. The smallest absolute Gasteiger partial charge is 0.311 e. The number of benzene rings is 3. The Morgan fingerprint density at radius 2 is 1.41 bits per heavy atom. The van der Waals surface area contributed by atoms with E-state index in [-0.39, 0.29) is 0 Å². The van der Waals surface area contributed by atoms with Crippen LogP contribution in [-0.2, 0) is 17.8 Å². The summed E-state index contributed by atoms with van der Waals surface area (Å²) < 4.78 is 5.92. The molecule has 3 aromatic rings. The maximum absolute atomic E-state index is 12.0. The minimum Gasteiger partial charge on any atom is -0.489 e. The van der Waals surface area contributed by atoms with E-state index in [0.29, 0.717) is 13.0 Å². The zero-order valence-corrected chi connectivity index (χ0v) is 15.7. The summed E-state index contributed by atoms with van der Waals surface area (Å²) in [7, 11) is 0. The Morgan fingerprint density at radius 1 is 0.889 bits per heavy atom. The minimum atomic E-state index is -0.803. The Labute approximate surface area is 160 Å². The molecule has 1 atom stereocenters. The van der Waals surface area contributed by atoms with E-state index in [1.165, 1.54) is 0 Å². The number of rotatable bonds is 7. The van der Waals surface area contributed by atoms with Crippen molar-refractivity contribution in [3.05, 3.63) is 101 Å². The molecule has 0 radical (unpaired) electrons. The molecule has 1 N–H and O–H groups in total. The Hall–Kier alpha value is -3.07. The Balaban J connectivity index is 1.83. The highest BCUT2D eigenvalue weighted by molar-refractivity contribution is 5.78. The SMILES string of the molecule is Cc1cc(OCc2ccccc2)cc(C)c1C(Cc1ccccc1)C(=O)O. The normalized spacial score (nSPS) is 11.8. The van der Waals surface area contributed by atoms with Gasteiger partial charge >= 0.3 is 5.97 Å². The van der Waals surface area contributed by atoms with Crippen molar-refractivity contribution < 1.29 is 14.6 Å². The van der Waals surface area contributed by atoms with Gasteiger partial charge < -0.3 is 9.84 Å². The molecule has 0 heterocycles. The molecule has 0 aliphatic carbocycles. The third-order valence-electron chi connectivity index (χ3n) is 4.74. The number of hydrogen-bond donors (Lipinski definition) is 1. The summed E-state index contributed by atoms with van der Waals surface area (Å²) in [4.78, 5) is 12.0. The summed E-state index contributed by atoms with van der Waals surface area (Å²) in [6.45, 7) is 4.41. The summed E-state index contributed by atoms with van der Waals surface area (Å²) in [5.74, 6) is -0.611. The van der Waals surface area contributed by atoms with Crippen LogP contribution in [0.3, 0.4) is 0 Å². The summed E-state index contributed by atoms with van der Waals surface area (Å²) in [6, 6.07) is 23.6. The summed E-state index contributed by atoms with van der Waals surface area (Å²) >= 11 is 0. The van der Waals surface area contributed by atoms with Crippen molar-refractivity contribution in [3.63, 3.8) is 0 Å². The lowest BCUT2D eigenvalue weighted by molar-refractivity contribution is -0.138. The molecular weight excluding hydrogens is 336 g/mol. The van der Waals surface area contributed by atoms with E-state index in [4.69, 9.17) is 4.74 Å². The van der Waals surface area contributed by atoms with Crippen molar-refractivity contribution in [2.45, 2.75) is 32.8 Å². The van der Waals surface area contributed by atoms with Crippen molar-refractivity contribution in [1.29, 1.82) is 0 Å². The van der Waals surface area contributed by atoms with Gasteiger partial charge in [0.25, 0.3) is 0 Å². The van der Waals surface area contributed by atoms with Crippen molar-refractivity contribution in [1.82, 2.24) is 0 Å². The average molecular weight is 360 g/mol. The van der Waals surface area contributed by atoms with E-state index in [1.807, 2.05) is 86.6 Å². The molecule has 0 saturated carbocycles. The standard InChI is InChI=1S/C24H24O3/c1-17-13-21(27-16-20-11-7-4-8-12-20)14-18(2)23(17)22(24(25)26)15-19-9-5-3-6-10-19/h3-14,22H,15-16H2,1-2H3,(H,25,26). The predicted molar refractivity (Wildman–Crippen MR) is 107 cm³/mol. The highest BCUT2D eigenvalue weighted by atomic mass is 16.5. The van der Waals surface area contributed by atoms with Crippen LogP contribution in [0.5, 0.6) is 5.75 Å². The monoisotopic (exact) mass is 360 g/mol. The zero-order valence-electron chi connectivity index (χ0n) is 15.7. The second kappa shape index (κ2) is 8.54. The third-order valence-corrected chi connectivity index (χ3v) is 4.74. The molecule has 0 fully saturated rings. The average Bonchev–Trinajstić information content (AvgIpc) is 2.66. The van der Waals surface area contributed by atoms with Crippen LogP contribution in [0, 0.1) is 13.8 Å². The van der Waals surface area contributed by atoms with Gasteiger partial charge in [-0.05, 0) is 60.2 Å². The van der Waals surface area contributed by atoms with Gasteiger partial charge in [-0.2, -0.15) is 0 Å². The van der Waals surface area contributed by atoms with Gasteiger partial charge in [-0.1, -0.05) is 60.7 Å². The molecule has 0 spiro atoms. The minimum absolute atomic E-state index is 0.474. The summed E-state index contributed by atoms with van der Waals surface area (Å²) in [5, 5.41) is 9.83. The summed E-state index contributed by atoms with van der Waals surface area (Å²) in [5.41, 5.74) is 4.89. The van der Waals surface area contributed by atoms with E-state index >= 15 is 0 Å². The zero-order chi connectivity index (χ0) is 19.2. The Kier molecular flexibility index (Phi) is 5.92. The fourth-order valence-corrected chi connectivity index (χ4v) is 3.47. The fraction of sp³-hybridized carbons (Fsp3) is 0.208. The summed E-state index contributed by atoms with van der Waals surface area (Å²) in [6.07, 6.45) is 0.474. The van der Waals surface area contributed by atoms with Crippen molar-refractivity contribution in [2.24, 2.45) is 0 Å². The molecule has 3 aromatic carbocycles. The molecule has 27 heavy (non-hydrogen) atoms. The van der Waals surface area contributed by atoms with Gasteiger partial charge in [-0.3, -0.25) is 4.79 Å². The molecule has 0 aromatic heterocycles. The van der Waals surface area contributed by atoms with Crippen LogP contribution in [0.1, 0.15) is 33.7 Å². The molecule has 0 aliphatic heterocycles. The molecular formula is C24H24O3. The topological polar surface area (TPSA) is 46.5 Å². The maximum atomic E-state index is 12.0.